The third kappa shape index (κ3) is 3.26. The normalized spacial score (nSPS) is 17.4. The fourth-order valence-corrected chi connectivity index (χ4v) is 2.53. The maximum atomic E-state index is 5.69. The fraction of sp³-hybridized carbons (Fsp3) is 0.533. The minimum Gasteiger partial charge on any atom is -0.381 e. The summed E-state index contributed by atoms with van der Waals surface area (Å²) in [5.74, 6) is 1.43. The first-order valence-corrected chi connectivity index (χ1v) is 7.44. The third-order valence-corrected chi connectivity index (χ3v) is 4.04. The van der Waals surface area contributed by atoms with Crippen LogP contribution in [0.3, 0.4) is 0 Å². The van der Waals surface area contributed by atoms with E-state index in [4.69, 9.17) is 9.47 Å². The second-order valence-corrected chi connectivity index (χ2v) is 5.53. The van der Waals surface area contributed by atoms with E-state index in [0.29, 0.717) is 12.4 Å². The Bertz CT molecular complexity index is 605. The monoisotopic (exact) mass is 303 g/mol. The molecule has 7 nitrogen and oxygen atoms in total. The number of aromatic nitrogens is 4. The van der Waals surface area contributed by atoms with Crippen LogP contribution in [0, 0.1) is 6.92 Å². The fourth-order valence-electron chi connectivity index (χ4n) is 2.53. The summed E-state index contributed by atoms with van der Waals surface area (Å²) in [6.45, 7) is 4.11. The zero-order chi connectivity index (χ0) is 15.4. The van der Waals surface area contributed by atoms with Crippen LogP contribution >= 0.6 is 0 Å². The van der Waals surface area contributed by atoms with Crippen LogP contribution in [0.5, 0.6) is 0 Å². The topological polar surface area (TPSA) is 74.1 Å². The van der Waals surface area contributed by atoms with Crippen LogP contribution in [0.15, 0.2) is 24.4 Å². The van der Waals surface area contributed by atoms with E-state index in [1.807, 2.05) is 31.3 Å². The molecule has 0 aromatic carbocycles. The highest BCUT2D eigenvalue weighted by Crippen LogP contribution is 2.24. The molecule has 0 radical (unpaired) electrons. The summed E-state index contributed by atoms with van der Waals surface area (Å²) in [6, 6.07) is 5.73. The van der Waals surface area contributed by atoms with Gasteiger partial charge in [0.1, 0.15) is 5.82 Å². The van der Waals surface area contributed by atoms with Crippen molar-refractivity contribution in [3.8, 4) is 5.82 Å². The lowest BCUT2D eigenvalue weighted by Gasteiger charge is -2.36. The molecule has 0 unspecified atom stereocenters. The largest absolute Gasteiger partial charge is 0.381 e. The third-order valence-electron chi connectivity index (χ3n) is 4.04. The molecule has 3 heterocycles. The van der Waals surface area contributed by atoms with Crippen LogP contribution < -0.4 is 5.32 Å². The van der Waals surface area contributed by atoms with E-state index < -0.39 is 0 Å². The number of anilines is 1. The van der Waals surface area contributed by atoms with Crippen LogP contribution in [0.1, 0.15) is 18.5 Å². The van der Waals surface area contributed by atoms with Gasteiger partial charge >= 0.3 is 0 Å². The molecule has 0 spiro atoms. The lowest BCUT2D eigenvalue weighted by molar-refractivity contribution is -0.0807. The van der Waals surface area contributed by atoms with Gasteiger partial charge in [0.15, 0.2) is 5.82 Å². The maximum absolute atomic E-state index is 5.69. The number of aryl methyl sites for hydroxylation is 1. The van der Waals surface area contributed by atoms with Crippen molar-refractivity contribution in [1.82, 2.24) is 20.0 Å². The van der Waals surface area contributed by atoms with Gasteiger partial charge in [0.2, 0.25) is 0 Å². The highest BCUT2D eigenvalue weighted by molar-refractivity contribution is 5.36. The van der Waals surface area contributed by atoms with Gasteiger partial charge in [-0.15, -0.1) is 10.2 Å². The van der Waals surface area contributed by atoms with E-state index in [-0.39, 0.29) is 5.60 Å². The summed E-state index contributed by atoms with van der Waals surface area (Å²) >= 11 is 0. The summed E-state index contributed by atoms with van der Waals surface area (Å²) in [6.07, 6.45) is 3.64. The van der Waals surface area contributed by atoms with Crippen LogP contribution in [0.4, 0.5) is 5.82 Å². The Morgan fingerprint density at radius 2 is 2.09 bits per heavy atom. The van der Waals surface area contributed by atoms with E-state index >= 15 is 0 Å². The van der Waals surface area contributed by atoms with Gasteiger partial charge in [-0.3, -0.25) is 0 Å². The van der Waals surface area contributed by atoms with E-state index in [1.165, 1.54) is 0 Å². The highest BCUT2D eigenvalue weighted by atomic mass is 16.5. The smallest absolute Gasteiger partial charge is 0.175 e. The van der Waals surface area contributed by atoms with E-state index in [2.05, 4.69) is 20.6 Å². The number of nitrogens with zero attached hydrogens (tertiary/aromatic N) is 4. The number of nitrogens with one attached hydrogen (secondary N) is 1. The molecule has 1 aliphatic heterocycles. The summed E-state index contributed by atoms with van der Waals surface area (Å²) < 4.78 is 12.8. The first-order valence-electron chi connectivity index (χ1n) is 7.44. The van der Waals surface area contributed by atoms with Crippen molar-refractivity contribution in [2.24, 2.45) is 0 Å². The zero-order valence-corrected chi connectivity index (χ0v) is 13.0. The molecular formula is C15H21N5O2. The molecule has 1 saturated heterocycles. The quantitative estimate of drug-likeness (QED) is 0.904. The van der Waals surface area contributed by atoms with Gasteiger partial charge in [-0.1, -0.05) is 0 Å². The van der Waals surface area contributed by atoms with Gasteiger partial charge < -0.3 is 14.8 Å². The molecule has 0 bridgehead atoms. The molecule has 7 heteroatoms. The molecule has 118 valence electrons. The maximum Gasteiger partial charge on any atom is 0.175 e. The minimum atomic E-state index is -0.183. The Balaban J connectivity index is 1.63. The molecule has 0 atom stereocenters. The molecule has 0 amide bonds. The van der Waals surface area contributed by atoms with Crippen LogP contribution in [-0.4, -0.2) is 52.4 Å². The molecule has 1 aliphatic rings. The first kappa shape index (κ1) is 14.9. The predicted octanol–water partition coefficient (Wildman–Crippen LogP) is 1.58. The van der Waals surface area contributed by atoms with Crippen molar-refractivity contribution in [3.63, 3.8) is 0 Å². The molecule has 1 N–H and O–H groups in total. The van der Waals surface area contributed by atoms with E-state index in [1.54, 1.807) is 11.8 Å². The van der Waals surface area contributed by atoms with Crippen LogP contribution in [0.2, 0.25) is 0 Å². The summed E-state index contributed by atoms with van der Waals surface area (Å²) in [7, 11) is 1.75. The highest BCUT2D eigenvalue weighted by Gasteiger charge is 2.32. The summed E-state index contributed by atoms with van der Waals surface area (Å²) in [4.78, 5) is 0. The van der Waals surface area contributed by atoms with Gasteiger partial charge in [0, 0.05) is 45.9 Å². The molecule has 22 heavy (non-hydrogen) atoms. The molecule has 0 aliphatic carbocycles. The summed E-state index contributed by atoms with van der Waals surface area (Å²) in [5, 5.41) is 16.0. The number of methoxy groups -OCH3 is 1. The average molecular weight is 303 g/mol. The first-order chi connectivity index (χ1) is 10.7. The Labute approximate surface area is 129 Å². The molecular weight excluding hydrogens is 282 g/mol. The van der Waals surface area contributed by atoms with Crippen LogP contribution in [0.25, 0.3) is 5.82 Å². The second kappa shape index (κ2) is 6.41. The number of rotatable bonds is 5. The van der Waals surface area contributed by atoms with Crippen molar-refractivity contribution in [1.29, 1.82) is 0 Å². The SMILES string of the molecule is COC1(CNc2ccc(-n3ccc(C)n3)nn2)CCOCC1. The molecule has 3 rings (SSSR count). The number of ether oxygens (including phenoxy) is 2. The number of hydrogen-bond donors (Lipinski definition) is 1. The zero-order valence-electron chi connectivity index (χ0n) is 13.0. The second-order valence-electron chi connectivity index (χ2n) is 5.53. The lowest BCUT2D eigenvalue weighted by Crippen LogP contribution is -2.44. The number of hydrogen-bond acceptors (Lipinski definition) is 6. The lowest BCUT2D eigenvalue weighted by atomic mass is 9.94. The van der Waals surface area contributed by atoms with E-state index in [9.17, 15) is 0 Å². The Morgan fingerprint density at radius 1 is 1.27 bits per heavy atom. The van der Waals surface area contributed by atoms with Crippen molar-refractivity contribution in [2.75, 3.05) is 32.2 Å². The van der Waals surface area contributed by atoms with Crippen LogP contribution in [-0.2, 0) is 9.47 Å². The molecule has 2 aromatic rings. The Morgan fingerprint density at radius 3 is 2.68 bits per heavy atom. The molecule has 1 fully saturated rings. The molecule has 0 saturated carbocycles. The average Bonchev–Trinajstić information content (AvgIpc) is 3.01. The van der Waals surface area contributed by atoms with Crippen molar-refractivity contribution in [2.45, 2.75) is 25.4 Å². The Hall–Kier alpha value is -1.99. The van der Waals surface area contributed by atoms with Gasteiger partial charge in [-0.25, -0.2) is 4.68 Å². The Kier molecular flexibility index (Phi) is 4.35. The minimum absolute atomic E-state index is 0.183. The van der Waals surface area contributed by atoms with Crippen molar-refractivity contribution < 1.29 is 9.47 Å². The predicted molar refractivity (Wildman–Crippen MR) is 82.2 cm³/mol. The van der Waals surface area contributed by atoms with E-state index in [0.717, 1.165) is 37.6 Å². The van der Waals surface area contributed by atoms with Crippen molar-refractivity contribution in [3.05, 3.63) is 30.1 Å². The van der Waals surface area contributed by atoms with Gasteiger partial charge in [0.25, 0.3) is 0 Å². The van der Waals surface area contributed by atoms with Gasteiger partial charge in [0.05, 0.1) is 11.3 Å². The van der Waals surface area contributed by atoms with Crippen molar-refractivity contribution >= 4 is 5.82 Å². The van der Waals surface area contributed by atoms with Gasteiger partial charge in [-0.2, -0.15) is 5.10 Å². The molecule has 2 aromatic heterocycles. The standard InChI is InChI=1S/C15H21N5O2/c1-12-5-8-20(19-12)14-4-3-13(17-18-14)16-11-15(21-2)6-9-22-10-7-15/h3-5,8H,6-7,9-11H2,1-2H3,(H,16,17). The van der Waals surface area contributed by atoms with Gasteiger partial charge in [-0.05, 0) is 25.1 Å². The summed E-state index contributed by atoms with van der Waals surface area (Å²) in [5.41, 5.74) is 0.767.